The number of amides is 1. The highest BCUT2D eigenvalue weighted by atomic mass is 32.2. The molecule has 1 aliphatic carbocycles. The standard InChI is InChI=1S/C21H23N5O2S/c1-14(15-3-4-15)23-19(27)13-29-21-25-24-20(16-9-11-22-12-10-16)26(21)17-5-7-18(28-2)8-6-17/h5-12,14-15H,3-4,13H2,1-2H3,(H,23,27)/t14-/m0/s1. The highest BCUT2D eigenvalue weighted by Gasteiger charge is 2.29. The van der Waals surface area contributed by atoms with E-state index in [1.807, 2.05) is 41.0 Å². The molecule has 4 rings (SSSR count). The molecule has 1 fully saturated rings. The molecule has 3 aromatic rings. The summed E-state index contributed by atoms with van der Waals surface area (Å²) < 4.78 is 7.22. The minimum atomic E-state index is 0.0177. The molecular weight excluding hydrogens is 386 g/mol. The van der Waals surface area contributed by atoms with Gasteiger partial charge in [-0.05, 0) is 62.1 Å². The largest absolute Gasteiger partial charge is 0.497 e. The van der Waals surface area contributed by atoms with Crippen LogP contribution in [0.15, 0.2) is 53.9 Å². The Bertz CT molecular complexity index is 970. The Balaban J connectivity index is 1.59. The summed E-state index contributed by atoms with van der Waals surface area (Å²) in [4.78, 5) is 16.4. The van der Waals surface area contributed by atoms with Gasteiger partial charge in [-0.1, -0.05) is 11.8 Å². The van der Waals surface area contributed by atoms with Gasteiger partial charge in [0.2, 0.25) is 5.91 Å². The van der Waals surface area contributed by atoms with Gasteiger partial charge in [-0.25, -0.2) is 0 Å². The van der Waals surface area contributed by atoms with Gasteiger partial charge in [-0.2, -0.15) is 0 Å². The SMILES string of the molecule is COc1ccc(-n2c(SCC(=O)N[C@@H](C)C3CC3)nnc2-c2ccncc2)cc1. The third kappa shape index (κ3) is 4.59. The number of carbonyl (C=O) groups is 1. The zero-order chi connectivity index (χ0) is 20.2. The lowest BCUT2D eigenvalue weighted by atomic mass is 10.2. The Morgan fingerprint density at radius 2 is 1.93 bits per heavy atom. The molecule has 29 heavy (non-hydrogen) atoms. The van der Waals surface area contributed by atoms with E-state index in [9.17, 15) is 4.79 Å². The molecular formula is C21H23N5O2S. The van der Waals surface area contributed by atoms with Gasteiger partial charge < -0.3 is 10.1 Å². The van der Waals surface area contributed by atoms with E-state index in [-0.39, 0.29) is 11.9 Å². The van der Waals surface area contributed by atoms with Crippen LogP contribution in [0.2, 0.25) is 0 Å². The molecule has 0 spiro atoms. The molecule has 1 amide bonds. The van der Waals surface area contributed by atoms with Crippen LogP contribution < -0.4 is 10.1 Å². The van der Waals surface area contributed by atoms with E-state index in [4.69, 9.17) is 4.74 Å². The van der Waals surface area contributed by atoms with Crippen LogP contribution in [0.25, 0.3) is 17.1 Å². The number of nitrogens with one attached hydrogen (secondary N) is 1. The van der Waals surface area contributed by atoms with Crippen LogP contribution in [0.1, 0.15) is 19.8 Å². The van der Waals surface area contributed by atoms with Crippen molar-refractivity contribution in [2.75, 3.05) is 12.9 Å². The van der Waals surface area contributed by atoms with Gasteiger partial charge in [-0.3, -0.25) is 14.3 Å². The summed E-state index contributed by atoms with van der Waals surface area (Å²) in [5.41, 5.74) is 1.80. The van der Waals surface area contributed by atoms with Crippen molar-refractivity contribution in [1.82, 2.24) is 25.1 Å². The number of aromatic nitrogens is 4. The summed E-state index contributed by atoms with van der Waals surface area (Å²) in [7, 11) is 1.64. The monoisotopic (exact) mass is 409 g/mol. The zero-order valence-corrected chi connectivity index (χ0v) is 17.2. The lowest BCUT2D eigenvalue weighted by Gasteiger charge is -2.13. The van der Waals surface area contributed by atoms with Gasteiger partial charge in [0.1, 0.15) is 5.75 Å². The molecule has 1 saturated carbocycles. The first kappa shape index (κ1) is 19.4. The van der Waals surface area contributed by atoms with Crippen LogP contribution in [0.5, 0.6) is 5.75 Å². The van der Waals surface area contributed by atoms with Crippen molar-refractivity contribution >= 4 is 17.7 Å². The number of rotatable bonds is 8. The predicted octanol–water partition coefficient (Wildman–Crippen LogP) is 3.34. The number of methoxy groups -OCH3 is 1. The highest BCUT2D eigenvalue weighted by molar-refractivity contribution is 7.99. The number of ether oxygens (including phenoxy) is 1. The second-order valence-corrected chi connectivity index (χ2v) is 8.00. The Morgan fingerprint density at radius 3 is 2.59 bits per heavy atom. The third-order valence-corrected chi connectivity index (χ3v) is 5.88. The summed E-state index contributed by atoms with van der Waals surface area (Å²) in [6.07, 6.45) is 5.86. The molecule has 1 aromatic carbocycles. The van der Waals surface area contributed by atoms with Crippen LogP contribution in [0, 0.1) is 5.92 Å². The summed E-state index contributed by atoms with van der Waals surface area (Å²) in [5, 5.41) is 12.5. The van der Waals surface area contributed by atoms with Gasteiger partial charge in [-0.15, -0.1) is 10.2 Å². The van der Waals surface area contributed by atoms with Crippen molar-refractivity contribution in [1.29, 1.82) is 0 Å². The van der Waals surface area contributed by atoms with E-state index < -0.39 is 0 Å². The second-order valence-electron chi connectivity index (χ2n) is 7.06. The van der Waals surface area contributed by atoms with Gasteiger partial charge in [0.15, 0.2) is 11.0 Å². The fraction of sp³-hybridized carbons (Fsp3) is 0.333. The Hall–Kier alpha value is -2.87. The molecule has 2 heterocycles. The second kappa shape index (κ2) is 8.65. The number of thioether (sulfide) groups is 1. The van der Waals surface area contributed by atoms with E-state index in [2.05, 4.69) is 27.4 Å². The Morgan fingerprint density at radius 1 is 1.21 bits per heavy atom. The minimum Gasteiger partial charge on any atom is -0.497 e. The molecule has 0 unspecified atom stereocenters. The summed E-state index contributed by atoms with van der Waals surface area (Å²) in [6, 6.07) is 11.7. The average Bonchev–Trinajstić information content (AvgIpc) is 3.53. The number of hydrogen-bond donors (Lipinski definition) is 1. The van der Waals surface area contributed by atoms with Crippen molar-refractivity contribution < 1.29 is 9.53 Å². The molecule has 7 nitrogen and oxygen atoms in total. The molecule has 1 aliphatic rings. The first-order valence-corrected chi connectivity index (χ1v) is 10.6. The Labute approximate surface area is 173 Å². The van der Waals surface area contributed by atoms with Crippen molar-refractivity contribution in [3.8, 4) is 22.8 Å². The fourth-order valence-corrected chi connectivity index (χ4v) is 3.92. The van der Waals surface area contributed by atoms with Gasteiger partial charge in [0.05, 0.1) is 12.9 Å². The molecule has 8 heteroatoms. The van der Waals surface area contributed by atoms with Crippen LogP contribution in [0.3, 0.4) is 0 Å². The summed E-state index contributed by atoms with van der Waals surface area (Å²) in [6.45, 7) is 2.07. The predicted molar refractivity (Wildman–Crippen MR) is 112 cm³/mol. The molecule has 0 bridgehead atoms. The van der Waals surface area contributed by atoms with Crippen LogP contribution >= 0.6 is 11.8 Å². The van der Waals surface area contributed by atoms with E-state index >= 15 is 0 Å². The molecule has 1 atom stereocenters. The maximum atomic E-state index is 12.4. The van der Waals surface area contributed by atoms with Crippen molar-refractivity contribution in [2.45, 2.75) is 31.0 Å². The van der Waals surface area contributed by atoms with Crippen molar-refractivity contribution in [3.63, 3.8) is 0 Å². The van der Waals surface area contributed by atoms with Crippen LogP contribution in [0.4, 0.5) is 0 Å². The fourth-order valence-electron chi connectivity index (χ4n) is 3.16. The number of hydrogen-bond acceptors (Lipinski definition) is 6. The first-order chi connectivity index (χ1) is 14.2. The van der Waals surface area contributed by atoms with E-state index in [1.165, 1.54) is 24.6 Å². The molecule has 0 radical (unpaired) electrons. The van der Waals surface area contributed by atoms with Gasteiger partial charge in [0, 0.05) is 29.7 Å². The molecule has 150 valence electrons. The quantitative estimate of drug-likeness (QED) is 0.575. The maximum absolute atomic E-state index is 12.4. The normalized spacial score (nSPS) is 14.4. The maximum Gasteiger partial charge on any atom is 0.230 e. The summed E-state index contributed by atoms with van der Waals surface area (Å²) in [5.74, 6) is 2.41. The van der Waals surface area contributed by atoms with Crippen LogP contribution in [-0.2, 0) is 4.79 Å². The van der Waals surface area contributed by atoms with Crippen LogP contribution in [-0.4, -0.2) is 44.6 Å². The van der Waals surface area contributed by atoms with E-state index in [1.54, 1.807) is 19.5 Å². The lowest BCUT2D eigenvalue weighted by Crippen LogP contribution is -2.35. The average molecular weight is 410 g/mol. The Kier molecular flexibility index (Phi) is 5.80. The molecule has 0 aliphatic heterocycles. The minimum absolute atomic E-state index is 0.0177. The number of nitrogens with zero attached hydrogens (tertiary/aromatic N) is 4. The van der Waals surface area contributed by atoms with Crippen molar-refractivity contribution in [3.05, 3.63) is 48.8 Å². The van der Waals surface area contributed by atoms with Gasteiger partial charge in [0.25, 0.3) is 0 Å². The molecule has 2 aromatic heterocycles. The smallest absolute Gasteiger partial charge is 0.230 e. The van der Waals surface area contributed by atoms with E-state index in [0.717, 1.165) is 17.0 Å². The number of pyridine rings is 1. The first-order valence-electron chi connectivity index (χ1n) is 9.58. The van der Waals surface area contributed by atoms with Gasteiger partial charge >= 0.3 is 0 Å². The highest BCUT2D eigenvalue weighted by Crippen LogP contribution is 2.32. The molecule has 0 saturated heterocycles. The summed E-state index contributed by atoms with van der Waals surface area (Å²) >= 11 is 1.38. The topological polar surface area (TPSA) is 81.9 Å². The third-order valence-electron chi connectivity index (χ3n) is 4.95. The zero-order valence-electron chi connectivity index (χ0n) is 16.4. The number of carbonyl (C=O) groups excluding carboxylic acids is 1. The van der Waals surface area contributed by atoms with Crippen molar-refractivity contribution in [2.24, 2.45) is 5.92 Å². The lowest BCUT2D eigenvalue weighted by molar-refractivity contribution is -0.119. The van der Waals surface area contributed by atoms with E-state index in [0.29, 0.717) is 22.7 Å². The number of benzene rings is 1. The molecule has 1 N–H and O–H groups in total.